The molecule has 6 N–H and O–H groups in total. The van der Waals surface area contributed by atoms with Crippen molar-refractivity contribution in [3.05, 3.63) is 63.6 Å². The minimum absolute atomic E-state index is 0.0471. The second-order valence-electron chi connectivity index (χ2n) is 10.6. The highest BCUT2D eigenvalue weighted by Crippen LogP contribution is 2.52. The van der Waals surface area contributed by atoms with Crippen molar-refractivity contribution in [3.63, 3.8) is 0 Å². The van der Waals surface area contributed by atoms with Crippen molar-refractivity contribution in [2.45, 2.75) is 37.5 Å². The Labute approximate surface area is 214 Å². The number of benzene rings is 1. The minimum atomic E-state index is -2.63. The van der Waals surface area contributed by atoms with Crippen LogP contribution in [0.15, 0.2) is 46.9 Å². The Bertz CT molecular complexity index is 1310. The van der Waals surface area contributed by atoms with Crippen LogP contribution in [0.25, 0.3) is 0 Å². The first-order chi connectivity index (χ1) is 17.5. The fraction of sp³-hybridized carbons (Fsp3) is 0.444. The highest BCUT2D eigenvalue weighted by molar-refractivity contribution is 6.24. The lowest BCUT2D eigenvalue weighted by atomic mass is 9.58. The molecule has 0 fully saturated rings. The number of hydrogen-bond donors (Lipinski definition) is 5. The number of amides is 1. The Morgan fingerprint density at radius 2 is 1.92 bits per heavy atom. The molecule has 4 aliphatic rings. The lowest BCUT2D eigenvalue weighted by molar-refractivity contribution is -0.148. The molecule has 5 rings (SSSR count). The number of aromatic hydroxyl groups is 1. The number of nitrogens with zero attached hydrogens (tertiary/aromatic N) is 2. The van der Waals surface area contributed by atoms with Crippen LogP contribution < -0.4 is 5.73 Å². The first-order valence-electron chi connectivity index (χ1n) is 12.3. The summed E-state index contributed by atoms with van der Waals surface area (Å²) in [5.74, 6) is -6.34. The van der Waals surface area contributed by atoms with Gasteiger partial charge in [0.15, 0.2) is 11.4 Å². The van der Waals surface area contributed by atoms with Gasteiger partial charge in [0.1, 0.15) is 22.8 Å². The predicted molar refractivity (Wildman–Crippen MR) is 133 cm³/mol. The van der Waals surface area contributed by atoms with Crippen molar-refractivity contribution >= 4 is 17.5 Å². The van der Waals surface area contributed by atoms with Gasteiger partial charge in [-0.05, 0) is 44.8 Å². The zero-order chi connectivity index (χ0) is 26.8. The number of allylic oxidation sites excluding steroid dienone is 1. The van der Waals surface area contributed by atoms with Gasteiger partial charge in [-0.25, -0.2) is 0 Å². The number of rotatable bonds is 4. The molecular weight excluding hydrogens is 478 g/mol. The van der Waals surface area contributed by atoms with Crippen LogP contribution in [-0.2, 0) is 22.6 Å². The van der Waals surface area contributed by atoms with E-state index >= 15 is 0 Å². The van der Waals surface area contributed by atoms with Crippen LogP contribution in [0.1, 0.15) is 34.3 Å². The number of phenolic OH excluding ortho intramolecular Hbond substituents is 1. The number of ketones is 2. The highest BCUT2D eigenvalue weighted by atomic mass is 16.3. The third kappa shape index (κ3) is 3.62. The number of nitrogens with two attached hydrogens (primary N) is 1. The highest BCUT2D eigenvalue weighted by Gasteiger charge is 2.63. The van der Waals surface area contributed by atoms with Crippen LogP contribution in [0.3, 0.4) is 0 Å². The van der Waals surface area contributed by atoms with Crippen LogP contribution in [0, 0.1) is 11.8 Å². The van der Waals surface area contributed by atoms with Crippen molar-refractivity contribution in [1.82, 2.24) is 9.80 Å². The minimum Gasteiger partial charge on any atom is -0.510 e. The van der Waals surface area contributed by atoms with E-state index in [-0.39, 0.29) is 29.7 Å². The molecule has 0 unspecified atom stereocenters. The lowest BCUT2D eigenvalue weighted by Gasteiger charge is -2.50. The van der Waals surface area contributed by atoms with E-state index in [0.717, 1.165) is 19.5 Å². The molecule has 0 radical (unpaired) electrons. The molecular formula is C27H31N3O7. The first-order valence-corrected chi connectivity index (χ1v) is 12.3. The molecule has 0 aromatic heterocycles. The molecule has 0 saturated heterocycles. The molecule has 0 bridgehead atoms. The number of Topliss-reactive ketones (excluding diaryl/α,β-unsaturated/α-hetero) is 2. The fourth-order valence-corrected chi connectivity index (χ4v) is 6.47. The Kier molecular flexibility index (Phi) is 6.01. The van der Waals surface area contributed by atoms with E-state index in [1.165, 1.54) is 4.90 Å². The summed E-state index contributed by atoms with van der Waals surface area (Å²) in [7, 11) is 3.20. The van der Waals surface area contributed by atoms with Gasteiger partial charge in [-0.15, -0.1) is 0 Å². The van der Waals surface area contributed by atoms with E-state index in [1.807, 2.05) is 6.08 Å². The standard InChI is InChI=1S/C27H31N3O7/c1-29(2)20-16-11-15-10-13-6-7-14(12-30-8-4-3-5-9-30)21(31)17(13)22(32)18(15)24(34)27(16,37)25(35)19(23(20)33)26(28)36/h3-4,6-7,15-16,20,31,33-34,37H,5,8-12H2,1-2H3,(H2,28,36)/t15-,16-,20-,27-/m0/s1. The van der Waals surface area contributed by atoms with Gasteiger partial charge in [-0.1, -0.05) is 24.3 Å². The number of fused-ring (bicyclic) bond motifs is 3. The van der Waals surface area contributed by atoms with Gasteiger partial charge in [-0.2, -0.15) is 0 Å². The SMILES string of the molecule is CN(C)[C@@H]1C(O)=C(C(N)=O)C(=O)[C@@]2(O)C(O)=C3C(=O)c4c(ccc(CN5CC=CCC5)c4O)C[C@H]3C[C@@H]12. The van der Waals surface area contributed by atoms with Gasteiger partial charge >= 0.3 is 0 Å². The van der Waals surface area contributed by atoms with Crippen LogP contribution in [0.2, 0.25) is 0 Å². The summed E-state index contributed by atoms with van der Waals surface area (Å²) in [4.78, 5) is 42.8. The quantitative estimate of drug-likeness (QED) is 0.293. The number of likely N-dealkylation sites (N-methyl/N-ethyl adjacent to an activating group) is 1. The number of aliphatic hydroxyl groups excluding tert-OH is 2. The van der Waals surface area contributed by atoms with E-state index in [2.05, 4.69) is 11.0 Å². The zero-order valence-corrected chi connectivity index (χ0v) is 20.8. The molecule has 1 aromatic rings. The van der Waals surface area contributed by atoms with Crippen LogP contribution in [-0.4, -0.2) is 86.5 Å². The summed E-state index contributed by atoms with van der Waals surface area (Å²) in [6.07, 6.45) is 5.40. The molecule has 10 nitrogen and oxygen atoms in total. The predicted octanol–water partition coefficient (Wildman–Crippen LogP) is 0.883. The number of hydrogen-bond acceptors (Lipinski definition) is 9. The summed E-state index contributed by atoms with van der Waals surface area (Å²) in [6.45, 7) is 1.98. The van der Waals surface area contributed by atoms with Crippen molar-refractivity contribution in [1.29, 1.82) is 0 Å². The van der Waals surface area contributed by atoms with E-state index in [1.54, 1.807) is 26.2 Å². The maximum atomic E-state index is 13.8. The molecule has 0 spiro atoms. The molecule has 4 atom stereocenters. The molecule has 0 saturated carbocycles. The largest absolute Gasteiger partial charge is 0.510 e. The van der Waals surface area contributed by atoms with E-state index in [9.17, 15) is 34.8 Å². The average molecular weight is 510 g/mol. The number of aliphatic hydroxyl groups is 3. The number of primary amides is 1. The third-order valence-corrected chi connectivity index (χ3v) is 8.21. The lowest BCUT2D eigenvalue weighted by Crippen LogP contribution is -2.63. The number of phenols is 1. The maximum absolute atomic E-state index is 13.8. The Balaban J connectivity index is 1.61. The molecule has 196 valence electrons. The van der Waals surface area contributed by atoms with E-state index in [0.29, 0.717) is 17.7 Å². The number of carbonyl (C=O) groups excluding carboxylic acids is 3. The second kappa shape index (κ2) is 8.83. The van der Waals surface area contributed by atoms with Crippen LogP contribution >= 0.6 is 0 Å². The van der Waals surface area contributed by atoms with Gasteiger partial charge in [0.25, 0.3) is 5.91 Å². The second-order valence-corrected chi connectivity index (χ2v) is 10.6. The maximum Gasteiger partial charge on any atom is 0.255 e. The zero-order valence-electron chi connectivity index (χ0n) is 20.8. The summed E-state index contributed by atoms with van der Waals surface area (Å²) in [5, 5.41) is 44.9. The van der Waals surface area contributed by atoms with E-state index in [4.69, 9.17) is 5.73 Å². The molecule has 1 aromatic carbocycles. The summed E-state index contributed by atoms with van der Waals surface area (Å²) >= 11 is 0. The molecule has 37 heavy (non-hydrogen) atoms. The molecule has 10 heteroatoms. The van der Waals surface area contributed by atoms with Gasteiger partial charge < -0.3 is 26.2 Å². The van der Waals surface area contributed by atoms with Crippen molar-refractivity contribution in [2.24, 2.45) is 17.6 Å². The molecule has 1 aliphatic heterocycles. The Morgan fingerprint density at radius 1 is 1.19 bits per heavy atom. The Morgan fingerprint density at radius 3 is 2.54 bits per heavy atom. The van der Waals surface area contributed by atoms with Crippen molar-refractivity contribution in [3.8, 4) is 5.75 Å². The third-order valence-electron chi connectivity index (χ3n) is 8.21. The van der Waals surface area contributed by atoms with Crippen LogP contribution in [0.4, 0.5) is 0 Å². The van der Waals surface area contributed by atoms with Crippen molar-refractivity contribution in [2.75, 3.05) is 27.2 Å². The Hall–Kier alpha value is -3.47. The summed E-state index contributed by atoms with van der Waals surface area (Å²) < 4.78 is 0. The normalized spacial score (nSPS) is 29.9. The molecule has 3 aliphatic carbocycles. The van der Waals surface area contributed by atoms with E-state index < -0.39 is 58.0 Å². The fourth-order valence-electron chi connectivity index (χ4n) is 6.47. The van der Waals surface area contributed by atoms with Gasteiger partial charge in [0, 0.05) is 36.7 Å². The van der Waals surface area contributed by atoms with Gasteiger partial charge in [-0.3, -0.25) is 24.2 Å². The number of carbonyl (C=O) groups is 3. The van der Waals surface area contributed by atoms with Crippen molar-refractivity contribution < 1.29 is 34.8 Å². The van der Waals surface area contributed by atoms with Gasteiger partial charge in [0.2, 0.25) is 5.78 Å². The smallest absolute Gasteiger partial charge is 0.255 e. The first kappa shape index (κ1) is 25.2. The molecule has 1 amide bonds. The summed E-state index contributed by atoms with van der Waals surface area (Å²) in [5.41, 5.74) is 3.00. The average Bonchev–Trinajstić information content (AvgIpc) is 2.83. The van der Waals surface area contributed by atoms with Crippen LogP contribution in [0.5, 0.6) is 5.75 Å². The topological polar surface area (TPSA) is 165 Å². The summed E-state index contributed by atoms with van der Waals surface area (Å²) in [6, 6.07) is 2.60. The monoisotopic (exact) mass is 509 g/mol. The molecule has 1 heterocycles. The van der Waals surface area contributed by atoms with Gasteiger partial charge in [0.05, 0.1) is 11.6 Å².